The van der Waals surface area contributed by atoms with Gasteiger partial charge in [0.05, 0.1) is 6.04 Å². The number of carbonyl (C=O) groups excluding carboxylic acids is 2. The zero-order chi connectivity index (χ0) is 16.5. The maximum Gasteiger partial charge on any atom is 0.223 e. The standard InChI is InChI=1S/C17H26N4O2.ClH/c1-2-8-20-16(22)6-3-7-17(23)21-11-10-19-13-15(21)14-5-4-9-18-12-14;/h4-5,9,12,15,19H,2-3,6-8,10-11,13H2,1H3,(H,20,22);1H. The minimum Gasteiger partial charge on any atom is -0.356 e. The quantitative estimate of drug-likeness (QED) is 0.781. The monoisotopic (exact) mass is 354 g/mol. The number of rotatable bonds is 7. The van der Waals surface area contributed by atoms with Gasteiger partial charge in [-0.15, -0.1) is 12.4 Å². The first-order chi connectivity index (χ1) is 11.2. The molecule has 6 nitrogen and oxygen atoms in total. The van der Waals surface area contributed by atoms with Crippen LogP contribution in [0.5, 0.6) is 0 Å². The molecule has 1 aromatic rings. The summed E-state index contributed by atoms with van der Waals surface area (Å²) in [5.41, 5.74) is 1.05. The molecule has 7 heteroatoms. The molecule has 0 aliphatic carbocycles. The second kappa shape index (κ2) is 11.0. The van der Waals surface area contributed by atoms with Crippen molar-refractivity contribution in [2.24, 2.45) is 0 Å². The second-order valence-corrected chi connectivity index (χ2v) is 5.80. The first kappa shape index (κ1) is 20.4. The summed E-state index contributed by atoms with van der Waals surface area (Å²) in [6.07, 6.45) is 5.90. The molecule has 2 rings (SSSR count). The summed E-state index contributed by atoms with van der Waals surface area (Å²) >= 11 is 0. The van der Waals surface area contributed by atoms with Crippen molar-refractivity contribution < 1.29 is 9.59 Å². The predicted octanol–water partition coefficient (Wildman–Crippen LogP) is 1.67. The van der Waals surface area contributed by atoms with E-state index in [9.17, 15) is 9.59 Å². The van der Waals surface area contributed by atoms with E-state index in [2.05, 4.69) is 15.6 Å². The van der Waals surface area contributed by atoms with Gasteiger partial charge < -0.3 is 15.5 Å². The number of amides is 2. The summed E-state index contributed by atoms with van der Waals surface area (Å²) in [6.45, 7) is 4.97. The number of hydrogen-bond acceptors (Lipinski definition) is 4. The number of carbonyl (C=O) groups is 2. The van der Waals surface area contributed by atoms with E-state index in [-0.39, 0.29) is 30.3 Å². The molecule has 1 unspecified atom stereocenters. The highest BCUT2D eigenvalue weighted by molar-refractivity contribution is 5.85. The van der Waals surface area contributed by atoms with Crippen LogP contribution in [0.4, 0.5) is 0 Å². The van der Waals surface area contributed by atoms with Gasteiger partial charge in [0.2, 0.25) is 11.8 Å². The van der Waals surface area contributed by atoms with Crippen molar-refractivity contribution >= 4 is 24.2 Å². The first-order valence-corrected chi connectivity index (χ1v) is 8.39. The molecular weight excluding hydrogens is 328 g/mol. The topological polar surface area (TPSA) is 74.3 Å². The van der Waals surface area contributed by atoms with Crippen LogP contribution in [0.3, 0.4) is 0 Å². The Kier molecular flexibility index (Phi) is 9.34. The van der Waals surface area contributed by atoms with Gasteiger partial charge in [-0.3, -0.25) is 14.6 Å². The van der Waals surface area contributed by atoms with E-state index in [0.29, 0.717) is 32.4 Å². The van der Waals surface area contributed by atoms with Crippen LogP contribution in [-0.4, -0.2) is 47.9 Å². The van der Waals surface area contributed by atoms with Crippen molar-refractivity contribution in [3.8, 4) is 0 Å². The van der Waals surface area contributed by atoms with Gasteiger partial charge in [-0.1, -0.05) is 13.0 Å². The SMILES string of the molecule is CCCNC(=O)CCCC(=O)N1CCNCC1c1cccnc1.Cl. The average molecular weight is 355 g/mol. The third-order valence-electron chi connectivity index (χ3n) is 4.00. The lowest BCUT2D eigenvalue weighted by atomic mass is 10.0. The van der Waals surface area contributed by atoms with Crippen molar-refractivity contribution in [2.45, 2.75) is 38.6 Å². The van der Waals surface area contributed by atoms with E-state index in [1.54, 1.807) is 6.20 Å². The molecule has 134 valence electrons. The van der Waals surface area contributed by atoms with Crippen LogP contribution in [0, 0.1) is 0 Å². The van der Waals surface area contributed by atoms with Gasteiger partial charge in [-0.25, -0.2) is 0 Å². The molecular formula is C17H27ClN4O2. The molecule has 1 fully saturated rings. The van der Waals surface area contributed by atoms with Gasteiger partial charge in [0.1, 0.15) is 0 Å². The lowest BCUT2D eigenvalue weighted by molar-refractivity contribution is -0.134. The molecule has 24 heavy (non-hydrogen) atoms. The molecule has 2 heterocycles. The Hall–Kier alpha value is -1.66. The Morgan fingerprint density at radius 3 is 2.96 bits per heavy atom. The van der Waals surface area contributed by atoms with E-state index < -0.39 is 0 Å². The highest BCUT2D eigenvalue weighted by Crippen LogP contribution is 2.22. The molecule has 2 N–H and O–H groups in total. The molecule has 1 atom stereocenters. The summed E-state index contributed by atoms with van der Waals surface area (Å²) < 4.78 is 0. The minimum absolute atomic E-state index is 0. The van der Waals surface area contributed by atoms with Crippen molar-refractivity contribution in [1.82, 2.24) is 20.5 Å². The zero-order valence-corrected chi connectivity index (χ0v) is 15.0. The van der Waals surface area contributed by atoms with Crippen molar-refractivity contribution in [2.75, 3.05) is 26.2 Å². The molecule has 0 bridgehead atoms. The third-order valence-corrected chi connectivity index (χ3v) is 4.00. The first-order valence-electron chi connectivity index (χ1n) is 8.39. The number of piperazine rings is 1. The van der Waals surface area contributed by atoms with E-state index in [0.717, 1.165) is 25.1 Å². The summed E-state index contributed by atoms with van der Waals surface area (Å²) in [7, 11) is 0. The fourth-order valence-electron chi connectivity index (χ4n) is 2.77. The highest BCUT2D eigenvalue weighted by Gasteiger charge is 2.27. The van der Waals surface area contributed by atoms with Gasteiger partial charge in [-0.2, -0.15) is 0 Å². The van der Waals surface area contributed by atoms with Gasteiger partial charge in [0, 0.05) is 51.4 Å². The normalized spacial score (nSPS) is 17.0. The predicted molar refractivity (Wildman–Crippen MR) is 96.0 cm³/mol. The minimum atomic E-state index is 0. The summed E-state index contributed by atoms with van der Waals surface area (Å²) in [4.78, 5) is 30.2. The molecule has 0 saturated carbocycles. The van der Waals surface area contributed by atoms with Crippen LogP contribution in [0.15, 0.2) is 24.5 Å². The van der Waals surface area contributed by atoms with Crippen LogP contribution in [-0.2, 0) is 9.59 Å². The van der Waals surface area contributed by atoms with E-state index in [4.69, 9.17) is 0 Å². The molecule has 1 aliphatic rings. The van der Waals surface area contributed by atoms with Gasteiger partial charge >= 0.3 is 0 Å². The number of pyridine rings is 1. The van der Waals surface area contributed by atoms with E-state index in [1.807, 2.05) is 30.2 Å². The lowest BCUT2D eigenvalue weighted by Gasteiger charge is -2.36. The summed E-state index contributed by atoms with van der Waals surface area (Å²) in [6, 6.07) is 3.92. The molecule has 0 radical (unpaired) electrons. The maximum absolute atomic E-state index is 12.5. The largest absolute Gasteiger partial charge is 0.356 e. The molecule has 0 aromatic carbocycles. The fourth-order valence-corrected chi connectivity index (χ4v) is 2.77. The van der Waals surface area contributed by atoms with Crippen molar-refractivity contribution in [1.29, 1.82) is 0 Å². The summed E-state index contributed by atoms with van der Waals surface area (Å²) in [5, 5.41) is 6.17. The fraction of sp³-hybridized carbons (Fsp3) is 0.588. The average Bonchev–Trinajstić information content (AvgIpc) is 2.60. The Bertz CT molecular complexity index is 513. The molecule has 1 aliphatic heterocycles. The van der Waals surface area contributed by atoms with Gasteiger partial charge in [-0.05, 0) is 24.5 Å². The van der Waals surface area contributed by atoms with Gasteiger partial charge in [0.25, 0.3) is 0 Å². The molecule has 2 amide bonds. The Balaban J connectivity index is 0.00000288. The van der Waals surface area contributed by atoms with Crippen LogP contribution in [0.1, 0.15) is 44.2 Å². The van der Waals surface area contributed by atoms with Crippen LogP contribution < -0.4 is 10.6 Å². The zero-order valence-electron chi connectivity index (χ0n) is 14.2. The maximum atomic E-state index is 12.5. The number of halogens is 1. The number of nitrogens with one attached hydrogen (secondary N) is 2. The Labute approximate surface area is 149 Å². The lowest BCUT2D eigenvalue weighted by Crippen LogP contribution is -2.48. The number of hydrogen-bond donors (Lipinski definition) is 2. The third kappa shape index (κ3) is 6.09. The Morgan fingerprint density at radius 2 is 2.25 bits per heavy atom. The molecule has 0 spiro atoms. The van der Waals surface area contributed by atoms with Gasteiger partial charge in [0.15, 0.2) is 0 Å². The van der Waals surface area contributed by atoms with Crippen LogP contribution in [0.25, 0.3) is 0 Å². The van der Waals surface area contributed by atoms with Crippen LogP contribution >= 0.6 is 12.4 Å². The van der Waals surface area contributed by atoms with Crippen molar-refractivity contribution in [3.05, 3.63) is 30.1 Å². The molecule has 1 saturated heterocycles. The Morgan fingerprint density at radius 1 is 1.42 bits per heavy atom. The molecule has 1 aromatic heterocycles. The van der Waals surface area contributed by atoms with E-state index in [1.165, 1.54) is 0 Å². The smallest absolute Gasteiger partial charge is 0.223 e. The van der Waals surface area contributed by atoms with E-state index >= 15 is 0 Å². The second-order valence-electron chi connectivity index (χ2n) is 5.80. The highest BCUT2D eigenvalue weighted by atomic mass is 35.5. The van der Waals surface area contributed by atoms with Crippen LogP contribution in [0.2, 0.25) is 0 Å². The number of aromatic nitrogens is 1. The summed E-state index contributed by atoms with van der Waals surface area (Å²) in [5.74, 6) is 0.146. The number of nitrogens with zero attached hydrogens (tertiary/aromatic N) is 2. The van der Waals surface area contributed by atoms with Crippen molar-refractivity contribution in [3.63, 3.8) is 0 Å².